The number of carbonyl (C=O) groups excluding carboxylic acids is 4. The van der Waals surface area contributed by atoms with Gasteiger partial charge in [-0.15, -0.1) is 0 Å². The van der Waals surface area contributed by atoms with E-state index in [2.05, 4.69) is 55.9 Å². The molecule has 2 aliphatic heterocycles. The Labute approximate surface area is 337 Å². The highest BCUT2D eigenvalue weighted by Gasteiger charge is 2.39. The largest absolute Gasteiger partial charge is 0.453 e. The molecule has 2 saturated heterocycles. The maximum absolute atomic E-state index is 13.6. The lowest BCUT2D eigenvalue weighted by Gasteiger charge is -2.30. The topological polar surface area (TPSA) is 188 Å². The van der Waals surface area contributed by atoms with Crippen LogP contribution in [0.25, 0.3) is 44.5 Å². The van der Waals surface area contributed by atoms with Crippen molar-refractivity contribution in [3.05, 3.63) is 78.8 Å². The molecular formula is C43H51N9O6. The number of alkyl carbamates (subject to hydrolysis) is 2. The third-order valence-corrected chi connectivity index (χ3v) is 11.2. The number of methoxy groups -OCH3 is 2. The Morgan fingerprint density at radius 3 is 1.74 bits per heavy atom. The molecule has 3 aromatic heterocycles. The molecule has 2 aromatic carbocycles. The molecule has 15 heteroatoms. The van der Waals surface area contributed by atoms with Crippen molar-refractivity contribution in [2.45, 2.75) is 77.5 Å². The number of ether oxygens (including phenoxy) is 2. The Morgan fingerprint density at radius 1 is 0.690 bits per heavy atom. The molecule has 5 heterocycles. The summed E-state index contributed by atoms with van der Waals surface area (Å²) < 4.78 is 9.52. The van der Waals surface area contributed by atoms with Gasteiger partial charge in [-0.2, -0.15) is 0 Å². The molecular weight excluding hydrogens is 739 g/mol. The van der Waals surface area contributed by atoms with Gasteiger partial charge >= 0.3 is 12.2 Å². The smallest absolute Gasteiger partial charge is 0.407 e. The minimum absolute atomic E-state index is 0.109. The van der Waals surface area contributed by atoms with Crippen LogP contribution in [0.4, 0.5) is 9.59 Å². The predicted molar refractivity (Wildman–Crippen MR) is 218 cm³/mol. The summed E-state index contributed by atoms with van der Waals surface area (Å²) in [5, 5.41) is 7.50. The van der Waals surface area contributed by atoms with Crippen molar-refractivity contribution in [3.63, 3.8) is 0 Å². The predicted octanol–water partition coefficient (Wildman–Crippen LogP) is 6.77. The first-order valence-corrected chi connectivity index (χ1v) is 19.9. The highest BCUT2D eigenvalue weighted by Crippen LogP contribution is 2.35. The summed E-state index contributed by atoms with van der Waals surface area (Å²) in [6, 6.07) is 14.6. The van der Waals surface area contributed by atoms with Gasteiger partial charge in [-0.05, 0) is 72.6 Å². The van der Waals surface area contributed by atoms with Gasteiger partial charge in [-0.1, -0.05) is 52.0 Å². The van der Waals surface area contributed by atoms with Crippen LogP contribution in [-0.4, -0.2) is 98.1 Å². The lowest BCUT2D eigenvalue weighted by molar-refractivity contribution is -0.136. The number of hydrogen-bond donors (Lipinski definition) is 4. The van der Waals surface area contributed by atoms with E-state index in [9.17, 15) is 19.2 Å². The molecule has 2 aliphatic rings. The van der Waals surface area contributed by atoms with Gasteiger partial charge in [-0.3, -0.25) is 14.6 Å². The molecule has 1 unspecified atom stereocenters. The molecule has 0 radical (unpaired) electrons. The summed E-state index contributed by atoms with van der Waals surface area (Å²) >= 11 is 0. The van der Waals surface area contributed by atoms with Gasteiger partial charge < -0.3 is 39.9 Å². The van der Waals surface area contributed by atoms with Crippen molar-refractivity contribution in [1.82, 2.24) is 45.4 Å². The second-order valence-electron chi connectivity index (χ2n) is 15.7. The monoisotopic (exact) mass is 789 g/mol. The minimum Gasteiger partial charge on any atom is -0.453 e. The lowest BCUT2D eigenvalue weighted by atomic mass is 10.0. The van der Waals surface area contributed by atoms with Gasteiger partial charge in [0.2, 0.25) is 11.8 Å². The van der Waals surface area contributed by atoms with E-state index in [0.717, 1.165) is 76.1 Å². The Balaban J connectivity index is 1.02. The van der Waals surface area contributed by atoms with Crippen LogP contribution < -0.4 is 10.6 Å². The second-order valence-corrected chi connectivity index (χ2v) is 15.7. The standard InChI is InChI=1S/C43H51N9O6/c1-24(2)36(49-42(55)57-5)40(53)51-17-7-9-34(51)38-45-22-32(47-38)29-14-12-26-19-28(13-11-27(26)20-29)31-16-15-30(21-44-31)33-23-46-39(48-33)35-10-8-18-52(35)41(54)37(25(3)4)50-43(56)58-6/h11-16,19-25,34-37H,7-10,17-18H2,1-6H3,(H,45,47)(H,46,48)(H,49,55)(H,50,56)/t34-,35-,36?,37-/m0/s1. The molecule has 0 spiro atoms. The number of nitrogens with zero attached hydrogens (tertiary/aromatic N) is 5. The fourth-order valence-electron chi connectivity index (χ4n) is 7.98. The SMILES string of the molecule is COC(=O)NC(C(=O)N1CCC[C@H]1c1nc(-c2ccc3cc(-c4ccc(-c5cnc([C@@H]6CCCN6C(=O)[C@@H](NC(=O)OC)C(C)C)[nH]5)cn4)ccc3c2)c[nH]1)C(C)C. The Morgan fingerprint density at radius 2 is 1.22 bits per heavy atom. The quantitative estimate of drug-likeness (QED) is 0.112. The summed E-state index contributed by atoms with van der Waals surface area (Å²) in [5.41, 5.74) is 5.22. The van der Waals surface area contributed by atoms with Gasteiger partial charge in [-0.25, -0.2) is 19.6 Å². The molecule has 0 aliphatic carbocycles. The Bertz CT molecular complexity index is 2280. The van der Waals surface area contributed by atoms with E-state index >= 15 is 0 Å². The molecule has 304 valence electrons. The number of fused-ring (bicyclic) bond motifs is 1. The number of H-pyrrole nitrogens is 2. The van der Waals surface area contributed by atoms with Crippen molar-refractivity contribution in [1.29, 1.82) is 0 Å². The van der Waals surface area contributed by atoms with Crippen LogP contribution >= 0.6 is 0 Å². The van der Waals surface area contributed by atoms with Gasteiger partial charge in [0, 0.05) is 42.2 Å². The Hall–Kier alpha value is -6.25. The first-order chi connectivity index (χ1) is 27.9. The molecule has 4 atom stereocenters. The van der Waals surface area contributed by atoms with Crippen LogP contribution in [0, 0.1) is 11.8 Å². The normalized spacial score (nSPS) is 17.8. The first-order valence-electron chi connectivity index (χ1n) is 19.9. The van der Waals surface area contributed by atoms with Crippen molar-refractivity contribution in [2.75, 3.05) is 27.3 Å². The fraction of sp³-hybridized carbons (Fsp3) is 0.419. The van der Waals surface area contributed by atoms with Crippen molar-refractivity contribution >= 4 is 34.8 Å². The summed E-state index contributed by atoms with van der Waals surface area (Å²) in [5.74, 6) is 0.906. The molecule has 7 rings (SSSR count). The molecule has 0 saturated carbocycles. The molecule has 15 nitrogen and oxygen atoms in total. The Kier molecular flexibility index (Phi) is 11.8. The van der Waals surface area contributed by atoms with Crippen molar-refractivity contribution in [3.8, 4) is 33.8 Å². The zero-order valence-electron chi connectivity index (χ0n) is 33.7. The average molecular weight is 790 g/mol. The van der Waals surface area contributed by atoms with E-state index in [1.54, 1.807) is 11.1 Å². The van der Waals surface area contributed by atoms with Crippen LogP contribution in [0.15, 0.2) is 67.1 Å². The zero-order valence-corrected chi connectivity index (χ0v) is 33.7. The lowest BCUT2D eigenvalue weighted by Crippen LogP contribution is -2.51. The van der Waals surface area contributed by atoms with Gasteiger partial charge in [0.05, 0.1) is 49.6 Å². The molecule has 58 heavy (non-hydrogen) atoms. The number of carbonyl (C=O) groups is 4. The molecule has 5 aromatic rings. The van der Waals surface area contributed by atoms with E-state index in [0.29, 0.717) is 18.9 Å². The van der Waals surface area contributed by atoms with E-state index in [1.807, 2.05) is 63.2 Å². The van der Waals surface area contributed by atoms with E-state index in [-0.39, 0.29) is 35.7 Å². The second kappa shape index (κ2) is 17.1. The number of aromatic nitrogens is 5. The van der Waals surface area contributed by atoms with Crippen LogP contribution in [-0.2, 0) is 19.1 Å². The number of hydrogen-bond acceptors (Lipinski definition) is 9. The highest BCUT2D eigenvalue weighted by atomic mass is 16.5. The van der Waals surface area contributed by atoms with Crippen molar-refractivity contribution < 1.29 is 28.7 Å². The summed E-state index contributed by atoms with van der Waals surface area (Å²) in [7, 11) is 2.58. The third kappa shape index (κ3) is 8.25. The maximum atomic E-state index is 13.6. The maximum Gasteiger partial charge on any atom is 0.407 e. The minimum atomic E-state index is -0.697. The number of nitrogens with one attached hydrogen (secondary N) is 4. The number of pyridine rings is 1. The third-order valence-electron chi connectivity index (χ3n) is 11.2. The van der Waals surface area contributed by atoms with Crippen molar-refractivity contribution in [2.24, 2.45) is 11.8 Å². The fourth-order valence-corrected chi connectivity index (χ4v) is 7.98. The van der Waals surface area contributed by atoms with E-state index in [1.165, 1.54) is 14.2 Å². The van der Waals surface area contributed by atoms with Crippen LogP contribution in [0.2, 0.25) is 0 Å². The number of likely N-dealkylation sites (tertiary alicyclic amines) is 2. The summed E-state index contributed by atoms with van der Waals surface area (Å²) in [6.07, 6.45) is 7.44. The summed E-state index contributed by atoms with van der Waals surface area (Å²) in [4.78, 5) is 75.8. The van der Waals surface area contributed by atoms with Gasteiger partial charge in [0.1, 0.15) is 23.7 Å². The number of imidazole rings is 2. The van der Waals surface area contributed by atoms with E-state index in [4.69, 9.17) is 19.4 Å². The molecule has 0 bridgehead atoms. The van der Waals surface area contributed by atoms with Gasteiger partial charge in [0.25, 0.3) is 0 Å². The first kappa shape index (κ1) is 40.0. The molecule has 4 amide bonds. The highest BCUT2D eigenvalue weighted by molar-refractivity contribution is 5.90. The van der Waals surface area contributed by atoms with Crippen LogP contribution in [0.5, 0.6) is 0 Å². The van der Waals surface area contributed by atoms with E-state index < -0.39 is 24.3 Å². The molecule has 4 N–H and O–H groups in total. The van der Waals surface area contributed by atoms with Crippen LogP contribution in [0.1, 0.15) is 77.1 Å². The average Bonchev–Trinajstić information content (AvgIpc) is 4.07. The number of amides is 4. The number of aromatic amines is 2. The van der Waals surface area contributed by atoms with Crippen LogP contribution in [0.3, 0.4) is 0 Å². The molecule has 2 fully saturated rings. The zero-order chi connectivity index (χ0) is 41.1. The number of benzene rings is 2. The summed E-state index contributed by atoms with van der Waals surface area (Å²) in [6.45, 7) is 8.77. The number of rotatable bonds is 11. The van der Waals surface area contributed by atoms with Gasteiger partial charge in [0.15, 0.2) is 0 Å².